The zero-order chi connectivity index (χ0) is 15.4. The lowest BCUT2D eigenvalue weighted by Crippen LogP contribution is -2.07. The molecule has 0 fully saturated rings. The average Bonchev–Trinajstić information content (AvgIpc) is 2.76. The predicted octanol–water partition coefficient (Wildman–Crippen LogP) is 4.38. The van der Waals surface area contributed by atoms with Crippen LogP contribution in [0.2, 0.25) is 0 Å². The number of methoxy groups -OCH3 is 1. The molecular weight excluding hydrogens is 404 g/mol. The average molecular weight is 418 g/mol. The predicted molar refractivity (Wildman–Crippen MR) is 88.7 cm³/mol. The SMILES string of the molecule is COc1cc(NCc2cc(Br)c(Br)o2)ccc1NC(C)=O. The van der Waals surface area contributed by atoms with Gasteiger partial charge in [-0.05, 0) is 50.1 Å². The molecule has 0 radical (unpaired) electrons. The van der Waals surface area contributed by atoms with Crippen molar-refractivity contribution in [3.8, 4) is 5.75 Å². The van der Waals surface area contributed by atoms with Crippen LogP contribution in [0.25, 0.3) is 0 Å². The maximum atomic E-state index is 11.1. The largest absolute Gasteiger partial charge is 0.494 e. The van der Waals surface area contributed by atoms with E-state index in [0.717, 1.165) is 15.9 Å². The summed E-state index contributed by atoms with van der Waals surface area (Å²) in [4.78, 5) is 11.1. The van der Waals surface area contributed by atoms with Gasteiger partial charge in [-0.25, -0.2) is 0 Å². The first-order chi connectivity index (χ1) is 9.99. The number of carbonyl (C=O) groups excluding carboxylic acids is 1. The lowest BCUT2D eigenvalue weighted by molar-refractivity contribution is -0.114. The summed E-state index contributed by atoms with van der Waals surface area (Å²) in [6, 6.07) is 7.36. The van der Waals surface area contributed by atoms with Crippen molar-refractivity contribution in [2.75, 3.05) is 17.7 Å². The molecule has 0 aliphatic heterocycles. The Hall–Kier alpha value is -1.47. The minimum atomic E-state index is -0.140. The Kier molecular flexibility index (Phi) is 5.30. The molecule has 7 heteroatoms. The number of amides is 1. The number of hydrogen-bond donors (Lipinski definition) is 2. The van der Waals surface area contributed by atoms with Gasteiger partial charge in [0.1, 0.15) is 11.5 Å². The lowest BCUT2D eigenvalue weighted by atomic mass is 10.2. The standard InChI is InChI=1S/C14H14Br2N2O3/c1-8(19)18-12-4-3-9(5-13(12)20-2)17-7-10-6-11(15)14(16)21-10/h3-6,17H,7H2,1-2H3,(H,18,19). The third-order valence-electron chi connectivity index (χ3n) is 2.68. The Morgan fingerprint density at radius 3 is 2.67 bits per heavy atom. The smallest absolute Gasteiger partial charge is 0.221 e. The summed E-state index contributed by atoms with van der Waals surface area (Å²) in [7, 11) is 1.56. The maximum absolute atomic E-state index is 11.1. The van der Waals surface area contributed by atoms with Gasteiger partial charge in [0.25, 0.3) is 0 Å². The number of rotatable bonds is 5. The van der Waals surface area contributed by atoms with Crippen LogP contribution >= 0.6 is 31.9 Å². The van der Waals surface area contributed by atoms with Gasteiger partial charge in [-0.15, -0.1) is 0 Å². The van der Waals surface area contributed by atoms with E-state index in [1.807, 2.05) is 18.2 Å². The summed E-state index contributed by atoms with van der Waals surface area (Å²) < 4.78 is 12.3. The summed E-state index contributed by atoms with van der Waals surface area (Å²) in [5.41, 5.74) is 1.50. The first kappa shape index (κ1) is 15.9. The molecule has 0 saturated carbocycles. The minimum Gasteiger partial charge on any atom is -0.494 e. The van der Waals surface area contributed by atoms with Crippen LogP contribution in [0, 0.1) is 0 Å². The topological polar surface area (TPSA) is 63.5 Å². The van der Waals surface area contributed by atoms with Crippen molar-refractivity contribution in [2.45, 2.75) is 13.5 Å². The molecule has 0 unspecified atom stereocenters. The van der Waals surface area contributed by atoms with Crippen LogP contribution in [-0.4, -0.2) is 13.0 Å². The quantitative estimate of drug-likeness (QED) is 0.757. The summed E-state index contributed by atoms with van der Waals surface area (Å²) in [5.74, 6) is 1.25. The molecule has 1 heterocycles. The summed E-state index contributed by atoms with van der Waals surface area (Å²) in [5, 5.41) is 5.94. The summed E-state index contributed by atoms with van der Waals surface area (Å²) in [6.45, 7) is 1.99. The summed E-state index contributed by atoms with van der Waals surface area (Å²) in [6.07, 6.45) is 0. The summed E-state index contributed by atoms with van der Waals surface area (Å²) >= 11 is 6.66. The monoisotopic (exact) mass is 416 g/mol. The normalized spacial score (nSPS) is 10.3. The van der Waals surface area contributed by atoms with Crippen LogP contribution in [0.5, 0.6) is 5.75 Å². The second kappa shape index (κ2) is 7.00. The Labute approximate surface area is 139 Å². The molecule has 1 aromatic carbocycles. The Morgan fingerprint density at radius 1 is 1.33 bits per heavy atom. The van der Waals surface area contributed by atoms with Crippen molar-refractivity contribution in [3.63, 3.8) is 0 Å². The first-order valence-electron chi connectivity index (χ1n) is 6.13. The molecule has 0 bridgehead atoms. The van der Waals surface area contributed by atoms with E-state index in [9.17, 15) is 4.79 Å². The van der Waals surface area contributed by atoms with Crippen LogP contribution in [0.1, 0.15) is 12.7 Å². The van der Waals surface area contributed by atoms with Crippen molar-refractivity contribution in [3.05, 3.63) is 39.2 Å². The van der Waals surface area contributed by atoms with E-state index in [1.54, 1.807) is 13.2 Å². The Balaban J connectivity index is 2.08. The number of nitrogens with one attached hydrogen (secondary N) is 2. The number of halogens is 2. The van der Waals surface area contributed by atoms with Gasteiger partial charge < -0.3 is 19.8 Å². The highest BCUT2D eigenvalue weighted by atomic mass is 79.9. The molecule has 1 aromatic heterocycles. The van der Waals surface area contributed by atoms with Gasteiger partial charge >= 0.3 is 0 Å². The molecule has 0 spiro atoms. The lowest BCUT2D eigenvalue weighted by Gasteiger charge is -2.11. The van der Waals surface area contributed by atoms with Crippen molar-refractivity contribution in [1.82, 2.24) is 0 Å². The van der Waals surface area contributed by atoms with Gasteiger partial charge in [0.15, 0.2) is 4.67 Å². The van der Waals surface area contributed by atoms with Crippen molar-refractivity contribution in [1.29, 1.82) is 0 Å². The van der Waals surface area contributed by atoms with Crippen molar-refractivity contribution < 1.29 is 13.9 Å². The number of furan rings is 1. The molecule has 0 aliphatic carbocycles. The number of ether oxygens (including phenoxy) is 1. The second-order valence-electron chi connectivity index (χ2n) is 4.28. The maximum Gasteiger partial charge on any atom is 0.221 e. The zero-order valence-electron chi connectivity index (χ0n) is 11.5. The minimum absolute atomic E-state index is 0.140. The van der Waals surface area contributed by atoms with Gasteiger partial charge in [-0.1, -0.05) is 0 Å². The first-order valence-corrected chi connectivity index (χ1v) is 7.71. The molecule has 1 amide bonds. The number of benzene rings is 1. The molecule has 0 atom stereocenters. The van der Waals surface area contributed by atoms with E-state index in [4.69, 9.17) is 9.15 Å². The van der Waals surface area contributed by atoms with Crippen molar-refractivity contribution in [2.24, 2.45) is 0 Å². The molecule has 21 heavy (non-hydrogen) atoms. The number of hydrogen-bond acceptors (Lipinski definition) is 4. The van der Waals surface area contributed by atoms with Gasteiger partial charge in [-0.3, -0.25) is 4.79 Å². The molecule has 2 rings (SSSR count). The Bertz CT molecular complexity index is 636. The van der Waals surface area contributed by atoms with Crippen LogP contribution in [-0.2, 0) is 11.3 Å². The highest BCUT2D eigenvalue weighted by Crippen LogP contribution is 2.30. The van der Waals surface area contributed by atoms with E-state index in [2.05, 4.69) is 42.5 Å². The van der Waals surface area contributed by atoms with Gasteiger partial charge in [0.2, 0.25) is 5.91 Å². The number of anilines is 2. The third-order valence-corrected chi connectivity index (χ3v) is 4.39. The van der Waals surface area contributed by atoms with Gasteiger partial charge in [-0.2, -0.15) is 0 Å². The highest BCUT2D eigenvalue weighted by Gasteiger charge is 2.08. The molecule has 2 N–H and O–H groups in total. The van der Waals surface area contributed by atoms with E-state index in [1.165, 1.54) is 6.92 Å². The fourth-order valence-corrected chi connectivity index (χ4v) is 2.42. The van der Waals surface area contributed by atoms with Crippen LogP contribution < -0.4 is 15.4 Å². The van der Waals surface area contributed by atoms with Crippen LogP contribution in [0.15, 0.2) is 37.8 Å². The molecule has 0 saturated heterocycles. The molecule has 5 nitrogen and oxygen atoms in total. The van der Waals surface area contributed by atoms with Crippen molar-refractivity contribution >= 4 is 49.1 Å². The van der Waals surface area contributed by atoms with E-state index >= 15 is 0 Å². The van der Waals surface area contributed by atoms with Crippen LogP contribution in [0.4, 0.5) is 11.4 Å². The van der Waals surface area contributed by atoms with Gasteiger partial charge in [0, 0.05) is 18.7 Å². The van der Waals surface area contributed by atoms with Gasteiger partial charge in [0.05, 0.1) is 23.8 Å². The number of carbonyl (C=O) groups is 1. The Morgan fingerprint density at radius 2 is 2.10 bits per heavy atom. The fraction of sp³-hybridized carbons (Fsp3) is 0.214. The second-order valence-corrected chi connectivity index (χ2v) is 5.86. The molecule has 0 aliphatic rings. The fourth-order valence-electron chi connectivity index (χ4n) is 1.76. The molecule has 112 valence electrons. The highest BCUT2D eigenvalue weighted by molar-refractivity contribution is 9.13. The zero-order valence-corrected chi connectivity index (χ0v) is 14.7. The van der Waals surface area contributed by atoms with Crippen LogP contribution in [0.3, 0.4) is 0 Å². The molecule has 2 aromatic rings. The van der Waals surface area contributed by atoms with E-state index in [0.29, 0.717) is 22.7 Å². The van der Waals surface area contributed by atoms with E-state index < -0.39 is 0 Å². The molecular formula is C14H14Br2N2O3. The third kappa shape index (κ3) is 4.25. The van der Waals surface area contributed by atoms with E-state index in [-0.39, 0.29) is 5.91 Å².